The first-order chi connectivity index (χ1) is 8.94. The lowest BCUT2D eigenvalue weighted by atomic mass is 10.1. The summed E-state index contributed by atoms with van der Waals surface area (Å²) in [5, 5.41) is 9.92. The molecule has 1 saturated heterocycles. The molecule has 0 aromatic heterocycles. The van der Waals surface area contributed by atoms with E-state index in [2.05, 4.69) is 6.92 Å². The molecule has 0 atom stereocenters. The fraction of sp³-hybridized carbons (Fsp3) is 0.417. The van der Waals surface area contributed by atoms with E-state index >= 15 is 0 Å². The molecule has 1 aromatic rings. The fourth-order valence-corrected chi connectivity index (χ4v) is 3.14. The summed E-state index contributed by atoms with van der Waals surface area (Å²) in [5.74, 6) is -0.733. The minimum absolute atomic E-state index is 0.124. The molecule has 19 heavy (non-hydrogen) atoms. The highest BCUT2D eigenvalue weighted by atomic mass is 32.2. The molecule has 0 unspecified atom stereocenters. The van der Waals surface area contributed by atoms with E-state index in [-0.39, 0.29) is 18.0 Å². The predicted molar refractivity (Wildman–Crippen MR) is 71.1 cm³/mol. The Kier molecular flexibility index (Phi) is 3.66. The van der Waals surface area contributed by atoms with E-state index < -0.39 is 16.1 Å². The molecule has 1 fully saturated rings. The largest absolute Gasteiger partial charge is 0.506 e. The number of carbonyl (C=O) groups excluding carboxylic acids is 1. The Morgan fingerprint density at radius 1 is 1.42 bits per heavy atom. The maximum absolute atomic E-state index is 11.7. The SMILES string of the molecule is CCCCc1ccc(N2CC(=O)NS2(=O)=O)c(O)c1. The number of unbranched alkanes of at least 4 members (excludes halogenated alkanes) is 1. The van der Waals surface area contributed by atoms with Crippen LogP contribution in [0.1, 0.15) is 25.3 Å². The van der Waals surface area contributed by atoms with Crippen LogP contribution in [0.15, 0.2) is 18.2 Å². The van der Waals surface area contributed by atoms with E-state index in [0.29, 0.717) is 0 Å². The van der Waals surface area contributed by atoms with Crippen LogP contribution >= 0.6 is 0 Å². The van der Waals surface area contributed by atoms with Crippen LogP contribution in [0.25, 0.3) is 0 Å². The molecule has 0 spiro atoms. The minimum atomic E-state index is -3.87. The van der Waals surface area contributed by atoms with Crippen molar-refractivity contribution >= 4 is 21.8 Å². The van der Waals surface area contributed by atoms with Crippen molar-refractivity contribution in [2.45, 2.75) is 26.2 Å². The average molecular weight is 284 g/mol. The Bertz CT molecular complexity index is 598. The third-order valence-electron chi connectivity index (χ3n) is 2.95. The summed E-state index contributed by atoms with van der Waals surface area (Å²) >= 11 is 0. The first-order valence-electron chi connectivity index (χ1n) is 6.09. The minimum Gasteiger partial charge on any atom is -0.506 e. The number of hydrogen-bond acceptors (Lipinski definition) is 4. The Hall–Kier alpha value is -1.76. The van der Waals surface area contributed by atoms with Crippen molar-refractivity contribution < 1.29 is 18.3 Å². The number of benzene rings is 1. The van der Waals surface area contributed by atoms with Crippen molar-refractivity contribution in [2.24, 2.45) is 0 Å². The lowest BCUT2D eigenvalue weighted by molar-refractivity contribution is -0.117. The van der Waals surface area contributed by atoms with Gasteiger partial charge in [-0.15, -0.1) is 0 Å². The summed E-state index contributed by atoms with van der Waals surface area (Å²) in [7, 11) is -3.87. The van der Waals surface area contributed by atoms with Crippen molar-refractivity contribution in [1.82, 2.24) is 4.72 Å². The number of nitrogens with one attached hydrogen (secondary N) is 1. The lowest BCUT2D eigenvalue weighted by Gasteiger charge is -2.16. The molecule has 1 aliphatic heterocycles. The summed E-state index contributed by atoms with van der Waals surface area (Å²) in [5.41, 5.74) is 1.07. The van der Waals surface area contributed by atoms with Gasteiger partial charge in [-0.3, -0.25) is 4.79 Å². The summed E-state index contributed by atoms with van der Waals surface area (Å²) < 4.78 is 26.1. The monoisotopic (exact) mass is 284 g/mol. The molecule has 104 valence electrons. The van der Waals surface area contributed by atoms with Crippen molar-refractivity contribution in [2.75, 3.05) is 10.8 Å². The normalized spacial score (nSPS) is 17.5. The molecule has 0 saturated carbocycles. The topological polar surface area (TPSA) is 86.7 Å². The highest BCUT2D eigenvalue weighted by Crippen LogP contribution is 2.31. The van der Waals surface area contributed by atoms with Gasteiger partial charge >= 0.3 is 10.2 Å². The van der Waals surface area contributed by atoms with Gasteiger partial charge in [0.2, 0.25) is 0 Å². The standard InChI is InChI=1S/C12H16N2O4S/c1-2-3-4-9-5-6-10(11(15)7-9)14-8-12(16)13-19(14,17)18/h5-7,15H,2-4,8H2,1H3,(H,13,16). The number of nitrogens with zero attached hydrogens (tertiary/aromatic N) is 1. The molecule has 0 radical (unpaired) electrons. The first-order valence-corrected chi connectivity index (χ1v) is 7.53. The number of phenolic OH excluding ortho intramolecular Hbond substituents is 1. The zero-order valence-electron chi connectivity index (χ0n) is 10.6. The molecule has 1 aromatic carbocycles. The van der Waals surface area contributed by atoms with Gasteiger partial charge in [-0.1, -0.05) is 19.4 Å². The van der Waals surface area contributed by atoms with Crippen LogP contribution in [0.4, 0.5) is 5.69 Å². The first kappa shape index (κ1) is 13.7. The predicted octanol–water partition coefficient (Wildman–Crippen LogP) is 0.916. The highest BCUT2D eigenvalue weighted by molar-refractivity contribution is 7.92. The molecule has 1 heterocycles. The number of anilines is 1. The molecule has 2 rings (SSSR count). The number of hydrogen-bond donors (Lipinski definition) is 2. The second-order valence-electron chi connectivity index (χ2n) is 4.46. The number of rotatable bonds is 4. The number of carbonyl (C=O) groups is 1. The molecule has 7 heteroatoms. The Labute approximate surface area is 112 Å². The Morgan fingerprint density at radius 3 is 2.68 bits per heavy atom. The van der Waals surface area contributed by atoms with Gasteiger partial charge in [0, 0.05) is 0 Å². The van der Waals surface area contributed by atoms with E-state index in [1.165, 1.54) is 6.07 Å². The second-order valence-corrected chi connectivity index (χ2v) is 6.06. The van der Waals surface area contributed by atoms with Crippen LogP contribution in [-0.4, -0.2) is 26.0 Å². The second kappa shape index (κ2) is 5.08. The molecule has 6 nitrogen and oxygen atoms in total. The van der Waals surface area contributed by atoms with Crippen LogP contribution in [0.3, 0.4) is 0 Å². The number of amides is 1. The number of aryl methyl sites for hydroxylation is 1. The van der Waals surface area contributed by atoms with Gasteiger partial charge in [0.1, 0.15) is 12.3 Å². The van der Waals surface area contributed by atoms with Gasteiger partial charge in [-0.25, -0.2) is 9.03 Å². The zero-order chi connectivity index (χ0) is 14.0. The third kappa shape index (κ3) is 2.81. The summed E-state index contributed by atoms with van der Waals surface area (Å²) in [6.45, 7) is 1.77. The van der Waals surface area contributed by atoms with Crippen molar-refractivity contribution in [3.8, 4) is 5.75 Å². The smallest absolute Gasteiger partial charge is 0.326 e. The van der Waals surface area contributed by atoms with Crippen LogP contribution in [0.2, 0.25) is 0 Å². The summed E-state index contributed by atoms with van der Waals surface area (Å²) in [4.78, 5) is 11.1. The van der Waals surface area contributed by atoms with E-state index in [1.807, 2.05) is 4.72 Å². The van der Waals surface area contributed by atoms with Gasteiger partial charge in [-0.05, 0) is 30.5 Å². The van der Waals surface area contributed by atoms with Gasteiger partial charge < -0.3 is 5.11 Å². The summed E-state index contributed by atoms with van der Waals surface area (Å²) in [6.07, 6.45) is 2.87. The molecule has 1 amide bonds. The van der Waals surface area contributed by atoms with Gasteiger partial charge in [0.05, 0.1) is 5.69 Å². The van der Waals surface area contributed by atoms with E-state index in [1.54, 1.807) is 12.1 Å². The molecular formula is C12H16N2O4S. The highest BCUT2D eigenvalue weighted by Gasteiger charge is 2.35. The van der Waals surface area contributed by atoms with Gasteiger partial charge in [-0.2, -0.15) is 8.42 Å². The number of phenols is 1. The maximum Gasteiger partial charge on any atom is 0.326 e. The van der Waals surface area contributed by atoms with E-state index in [4.69, 9.17) is 0 Å². The summed E-state index contributed by atoms with van der Waals surface area (Å²) in [6, 6.07) is 4.84. The van der Waals surface area contributed by atoms with Crippen LogP contribution in [-0.2, 0) is 21.4 Å². The van der Waals surface area contributed by atoms with Gasteiger partial charge in [0.25, 0.3) is 5.91 Å². The van der Waals surface area contributed by atoms with Crippen molar-refractivity contribution in [1.29, 1.82) is 0 Å². The van der Waals surface area contributed by atoms with E-state index in [0.717, 1.165) is 29.1 Å². The molecular weight excluding hydrogens is 268 g/mol. The zero-order valence-corrected chi connectivity index (χ0v) is 11.4. The number of aromatic hydroxyl groups is 1. The average Bonchev–Trinajstić information content (AvgIpc) is 2.60. The van der Waals surface area contributed by atoms with Crippen LogP contribution < -0.4 is 9.03 Å². The Balaban J connectivity index is 2.29. The molecule has 1 aliphatic rings. The fourth-order valence-electron chi connectivity index (χ4n) is 1.98. The molecule has 2 N–H and O–H groups in total. The third-order valence-corrected chi connectivity index (χ3v) is 4.34. The van der Waals surface area contributed by atoms with Gasteiger partial charge in [0.15, 0.2) is 0 Å². The van der Waals surface area contributed by atoms with E-state index in [9.17, 15) is 18.3 Å². The molecule has 0 aliphatic carbocycles. The quantitative estimate of drug-likeness (QED) is 0.860. The molecule has 0 bridgehead atoms. The van der Waals surface area contributed by atoms with Crippen molar-refractivity contribution in [3.63, 3.8) is 0 Å². The van der Waals surface area contributed by atoms with Crippen molar-refractivity contribution in [3.05, 3.63) is 23.8 Å². The lowest BCUT2D eigenvalue weighted by Crippen LogP contribution is -2.29. The maximum atomic E-state index is 11.7. The van der Waals surface area contributed by atoms with Crippen LogP contribution in [0.5, 0.6) is 5.75 Å². The van der Waals surface area contributed by atoms with Crippen LogP contribution in [0, 0.1) is 0 Å². The Morgan fingerprint density at radius 2 is 2.16 bits per heavy atom.